The second-order valence-electron chi connectivity index (χ2n) is 7.05. The molecule has 1 aromatic rings. The molecular formula is C19H26N2O6S. The number of carbonyl (C=O) groups is 2. The molecule has 8 nitrogen and oxygen atoms in total. The second-order valence-corrected chi connectivity index (χ2v) is 8.99. The molecule has 2 heterocycles. The first-order valence-corrected chi connectivity index (χ1v) is 11.0. The molecule has 0 spiro atoms. The Kier molecular flexibility index (Phi) is 6.69. The van der Waals surface area contributed by atoms with Gasteiger partial charge in [-0.25, -0.2) is 13.2 Å². The van der Waals surface area contributed by atoms with Crippen molar-refractivity contribution in [1.82, 2.24) is 9.21 Å². The number of likely N-dealkylation sites (tertiary alicyclic amines) is 1. The molecule has 0 aromatic heterocycles. The van der Waals surface area contributed by atoms with Gasteiger partial charge in [0.25, 0.3) is 5.91 Å². The molecule has 0 aliphatic carbocycles. The highest BCUT2D eigenvalue weighted by atomic mass is 32.2. The standard InChI is InChI=1S/C19H26N2O6S/c1-15-4-2-3-9-21(15)18(22)14-27-19(23)16-5-7-17(8-6-16)28(24,25)20-10-12-26-13-11-20/h5-8,15H,2-4,9-14H2,1H3/t15-/m1/s1. The Morgan fingerprint density at radius 3 is 2.43 bits per heavy atom. The van der Waals surface area contributed by atoms with Crippen molar-refractivity contribution >= 4 is 21.9 Å². The van der Waals surface area contributed by atoms with Gasteiger partial charge in [0.2, 0.25) is 10.0 Å². The van der Waals surface area contributed by atoms with Crippen molar-refractivity contribution < 1.29 is 27.5 Å². The molecule has 2 saturated heterocycles. The molecule has 1 amide bonds. The zero-order valence-corrected chi connectivity index (χ0v) is 16.8. The molecule has 2 aliphatic rings. The minimum atomic E-state index is -3.61. The van der Waals surface area contributed by atoms with Gasteiger partial charge >= 0.3 is 5.97 Å². The number of esters is 1. The largest absolute Gasteiger partial charge is 0.452 e. The second kappa shape index (κ2) is 9.02. The molecule has 0 bridgehead atoms. The Balaban J connectivity index is 1.58. The zero-order chi connectivity index (χ0) is 20.1. The van der Waals surface area contributed by atoms with Gasteiger partial charge in [-0.05, 0) is 50.5 Å². The zero-order valence-electron chi connectivity index (χ0n) is 16.0. The van der Waals surface area contributed by atoms with Crippen LogP contribution in [-0.4, -0.2) is 75.0 Å². The third kappa shape index (κ3) is 4.71. The van der Waals surface area contributed by atoms with Gasteiger partial charge in [-0.1, -0.05) is 0 Å². The van der Waals surface area contributed by atoms with Crippen molar-refractivity contribution in [3.05, 3.63) is 29.8 Å². The van der Waals surface area contributed by atoms with Gasteiger partial charge in [0.1, 0.15) is 0 Å². The van der Waals surface area contributed by atoms with Crippen LogP contribution in [0, 0.1) is 0 Å². The van der Waals surface area contributed by atoms with E-state index in [1.54, 1.807) is 4.90 Å². The first kappa shape index (κ1) is 20.8. The van der Waals surface area contributed by atoms with Crippen LogP contribution in [-0.2, 0) is 24.3 Å². The van der Waals surface area contributed by atoms with Crippen LogP contribution >= 0.6 is 0 Å². The number of hydrogen-bond donors (Lipinski definition) is 0. The fourth-order valence-corrected chi connectivity index (χ4v) is 4.87. The first-order valence-electron chi connectivity index (χ1n) is 9.54. The Labute approximate surface area is 165 Å². The molecule has 9 heteroatoms. The van der Waals surface area contributed by atoms with Crippen LogP contribution < -0.4 is 0 Å². The highest BCUT2D eigenvalue weighted by molar-refractivity contribution is 7.89. The van der Waals surface area contributed by atoms with E-state index in [9.17, 15) is 18.0 Å². The average Bonchev–Trinajstić information content (AvgIpc) is 2.73. The van der Waals surface area contributed by atoms with E-state index in [4.69, 9.17) is 9.47 Å². The number of carbonyl (C=O) groups excluding carboxylic acids is 2. The molecule has 1 atom stereocenters. The lowest BCUT2D eigenvalue weighted by Crippen LogP contribution is -2.44. The topological polar surface area (TPSA) is 93.2 Å². The van der Waals surface area contributed by atoms with Crippen molar-refractivity contribution in [3.63, 3.8) is 0 Å². The quantitative estimate of drug-likeness (QED) is 0.679. The average molecular weight is 410 g/mol. The number of nitrogens with zero attached hydrogens (tertiary/aromatic N) is 2. The van der Waals surface area contributed by atoms with E-state index in [1.165, 1.54) is 28.6 Å². The van der Waals surface area contributed by atoms with E-state index in [-0.39, 0.29) is 29.0 Å². The summed E-state index contributed by atoms with van der Waals surface area (Å²) >= 11 is 0. The summed E-state index contributed by atoms with van der Waals surface area (Å²) in [6.45, 7) is 3.72. The minimum Gasteiger partial charge on any atom is -0.452 e. The molecule has 2 fully saturated rings. The first-order chi connectivity index (χ1) is 13.4. The highest BCUT2D eigenvalue weighted by Gasteiger charge is 2.27. The fourth-order valence-electron chi connectivity index (χ4n) is 3.46. The van der Waals surface area contributed by atoms with Gasteiger partial charge < -0.3 is 14.4 Å². The van der Waals surface area contributed by atoms with Gasteiger partial charge in [0, 0.05) is 25.7 Å². The summed E-state index contributed by atoms with van der Waals surface area (Å²) < 4.78 is 36.9. The molecule has 0 saturated carbocycles. The predicted octanol–water partition coefficient (Wildman–Crippen LogP) is 1.27. The SMILES string of the molecule is C[C@@H]1CCCCN1C(=O)COC(=O)c1ccc(S(=O)(=O)N2CCOCC2)cc1. The number of benzene rings is 1. The summed E-state index contributed by atoms with van der Waals surface area (Å²) in [5.41, 5.74) is 0.209. The minimum absolute atomic E-state index is 0.115. The van der Waals surface area contributed by atoms with Crippen LogP contribution in [0.1, 0.15) is 36.5 Å². The van der Waals surface area contributed by atoms with E-state index >= 15 is 0 Å². The van der Waals surface area contributed by atoms with Crippen LogP contribution in [0.25, 0.3) is 0 Å². The Hall–Kier alpha value is -1.97. The monoisotopic (exact) mass is 410 g/mol. The predicted molar refractivity (Wildman–Crippen MR) is 101 cm³/mol. The summed E-state index contributed by atoms with van der Waals surface area (Å²) in [6.07, 6.45) is 3.02. The molecule has 1 aromatic carbocycles. The summed E-state index contributed by atoms with van der Waals surface area (Å²) in [4.78, 5) is 26.3. The summed E-state index contributed by atoms with van der Waals surface area (Å²) in [5.74, 6) is -0.847. The molecular weight excluding hydrogens is 384 g/mol. The normalized spacial score (nSPS) is 21.3. The Morgan fingerprint density at radius 2 is 1.79 bits per heavy atom. The van der Waals surface area contributed by atoms with Crippen LogP contribution in [0.15, 0.2) is 29.2 Å². The molecule has 3 rings (SSSR count). The van der Waals surface area contributed by atoms with Crippen LogP contribution in [0.3, 0.4) is 0 Å². The Bertz CT molecular complexity index is 802. The van der Waals surface area contributed by atoms with E-state index in [0.29, 0.717) is 32.8 Å². The lowest BCUT2D eigenvalue weighted by molar-refractivity contribution is -0.137. The maximum absolute atomic E-state index is 12.6. The Morgan fingerprint density at radius 1 is 1.11 bits per heavy atom. The maximum atomic E-state index is 12.6. The summed E-state index contributed by atoms with van der Waals surface area (Å²) in [7, 11) is -3.61. The lowest BCUT2D eigenvalue weighted by atomic mass is 10.0. The number of hydrogen-bond acceptors (Lipinski definition) is 6. The van der Waals surface area contributed by atoms with Crippen LogP contribution in [0.4, 0.5) is 0 Å². The highest BCUT2D eigenvalue weighted by Crippen LogP contribution is 2.19. The molecule has 28 heavy (non-hydrogen) atoms. The number of rotatable bonds is 5. The molecule has 2 aliphatic heterocycles. The molecule has 0 unspecified atom stereocenters. The number of amides is 1. The third-order valence-electron chi connectivity index (χ3n) is 5.15. The third-order valence-corrected chi connectivity index (χ3v) is 7.06. The van der Waals surface area contributed by atoms with Crippen molar-refractivity contribution in [2.45, 2.75) is 37.1 Å². The molecule has 0 N–H and O–H groups in total. The number of piperidine rings is 1. The molecule has 0 radical (unpaired) electrons. The van der Waals surface area contributed by atoms with Crippen LogP contribution in [0.5, 0.6) is 0 Å². The fraction of sp³-hybridized carbons (Fsp3) is 0.579. The van der Waals surface area contributed by atoms with Crippen LogP contribution in [0.2, 0.25) is 0 Å². The van der Waals surface area contributed by atoms with Crippen molar-refractivity contribution in [1.29, 1.82) is 0 Å². The number of ether oxygens (including phenoxy) is 2. The van der Waals surface area contributed by atoms with Gasteiger partial charge in [-0.15, -0.1) is 0 Å². The van der Waals surface area contributed by atoms with E-state index in [0.717, 1.165) is 19.3 Å². The van der Waals surface area contributed by atoms with Crippen molar-refractivity contribution in [3.8, 4) is 0 Å². The maximum Gasteiger partial charge on any atom is 0.338 e. The lowest BCUT2D eigenvalue weighted by Gasteiger charge is -2.33. The smallest absolute Gasteiger partial charge is 0.338 e. The van der Waals surface area contributed by atoms with Gasteiger partial charge in [0.05, 0.1) is 23.7 Å². The van der Waals surface area contributed by atoms with E-state index in [2.05, 4.69) is 0 Å². The van der Waals surface area contributed by atoms with Gasteiger partial charge in [-0.2, -0.15) is 4.31 Å². The van der Waals surface area contributed by atoms with E-state index < -0.39 is 16.0 Å². The van der Waals surface area contributed by atoms with Crippen molar-refractivity contribution in [2.24, 2.45) is 0 Å². The summed E-state index contributed by atoms with van der Waals surface area (Å²) in [6, 6.07) is 5.74. The van der Waals surface area contributed by atoms with E-state index in [1.807, 2.05) is 6.92 Å². The van der Waals surface area contributed by atoms with Crippen molar-refractivity contribution in [2.75, 3.05) is 39.5 Å². The summed E-state index contributed by atoms with van der Waals surface area (Å²) in [5, 5.41) is 0. The van der Waals surface area contributed by atoms with Gasteiger partial charge in [0.15, 0.2) is 6.61 Å². The molecule has 154 valence electrons. The van der Waals surface area contributed by atoms with Gasteiger partial charge in [-0.3, -0.25) is 4.79 Å². The number of morpholine rings is 1. The number of sulfonamides is 1.